The van der Waals surface area contributed by atoms with E-state index in [-0.39, 0.29) is 37.3 Å². The Morgan fingerprint density at radius 3 is 1.88 bits per heavy atom. The van der Waals surface area contributed by atoms with Gasteiger partial charge in [-0.1, -0.05) is 63.3 Å². The molecule has 0 aliphatic heterocycles. The lowest BCUT2D eigenvalue weighted by Gasteiger charge is -2.14. The first-order valence-corrected chi connectivity index (χ1v) is 12.1. The molecule has 0 saturated heterocycles. The molecule has 2 rings (SSSR count). The van der Waals surface area contributed by atoms with E-state index in [1.54, 1.807) is 6.92 Å². The third-order valence-corrected chi connectivity index (χ3v) is 5.31. The molecule has 33 heavy (non-hydrogen) atoms. The molecule has 0 radical (unpaired) electrons. The number of hydrogen-bond donors (Lipinski definition) is 0. The van der Waals surface area contributed by atoms with E-state index < -0.39 is 0 Å². The predicted molar refractivity (Wildman–Crippen MR) is 132 cm³/mol. The summed E-state index contributed by atoms with van der Waals surface area (Å²) in [6.45, 7) is 6.50. The molecule has 1 atom stereocenters. The number of carbonyl (C=O) groups excluding carboxylic acids is 2. The molecule has 1 unspecified atom stereocenters. The Morgan fingerprint density at radius 1 is 0.758 bits per heavy atom. The molecular weight excluding hydrogens is 416 g/mol. The smallest absolute Gasteiger partial charge is 0.306 e. The molecule has 0 spiro atoms. The number of unbranched alkanes of at least 4 members (excludes halogenated alkanes) is 5. The number of benzene rings is 2. The molecular formula is C28H38O5. The van der Waals surface area contributed by atoms with Crippen LogP contribution in [0.15, 0.2) is 48.5 Å². The van der Waals surface area contributed by atoms with Crippen LogP contribution in [0, 0.1) is 0 Å². The van der Waals surface area contributed by atoms with Gasteiger partial charge in [0.05, 0.1) is 13.0 Å². The van der Waals surface area contributed by atoms with Crippen LogP contribution in [-0.2, 0) is 14.3 Å². The Balaban J connectivity index is 1.72. The zero-order chi connectivity index (χ0) is 23.9. The van der Waals surface area contributed by atoms with Crippen molar-refractivity contribution in [2.24, 2.45) is 0 Å². The largest absolute Gasteiger partial charge is 0.494 e. The summed E-state index contributed by atoms with van der Waals surface area (Å²) in [7, 11) is 0. The van der Waals surface area contributed by atoms with Crippen molar-refractivity contribution in [3.63, 3.8) is 0 Å². The molecule has 2 aromatic carbocycles. The van der Waals surface area contributed by atoms with Gasteiger partial charge in [0, 0.05) is 6.42 Å². The molecule has 0 saturated carbocycles. The van der Waals surface area contributed by atoms with E-state index in [2.05, 4.69) is 19.1 Å². The lowest BCUT2D eigenvalue weighted by atomic mass is 10.1. The summed E-state index contributed by atoms with van der Waals surface area (Å²) in [5, 5.41) is 0. The first-order valence-electron chi connectivity index (χ1n) is 12.1. The van der Waals surface area contributed by atoms with Gasteiger partial charge >= 0.3 is 5.97 Å². The maximum atomic E-state index is 11.7. The summed E-state index contributed by atoms with van der Waals surface area (Å²) < 4.78 is 16.8. The monoisotopic (exact) mass is 454 g/mol. The number of esters is 1. The highest BCUT2D eigenvalue weighted by atomic mass is 16.6. The summed E-state index contributed by atoms with van der Waals surface area (Å²) in [5.74, 6) is 1.21. The maximum Gasteiger partial charge on any atom is 0.306 e. The molecule has 5 heteroatoms. The van der Waals surface area contributed by atoms with Crippen LogP contribution >= 0.6 is 0 Å². The predicted octanol–water partition coefficient (Wildman–Crippen LogP) is 6.77. The Kier molecular flexibility index (Phi) is 12.1. The number of ether oxygens (including phenoxy) is 3. The van der Waals surface area contributed by atoms with Crippen molar-refractivity contribution in [2.45, 2.75) is 78.2 Å². The number of hydrogen-bond acceptors (Lipinski definition) is 5. The van der Waals surface area contributed by atoms with Gasteiger partial charge in [-0.15, -0.1) is 0 Å². The van der Waals surface area contributed by atoms with Crippen molar-refractivity contribution in [2.75, 3.05) is 13.2 Å². The second-order valence-corrected chi connectivity index (χ2v) is 8.48. The fraction of sp³-hybridized carbons (Fsp3) is 0.500. The van der Waals surface area contributed by atoms with Crippen LogP contribution in [0.4, 0.5) is 0 Å². The van der Waals surface area contributed by atoms with Crippen molar-refractivity contribution in [3.8, 4) is 22.6 Å². The molecule has 0 heterocycles. The summed E-state index contributed by atoms with van der Waals surface area (Å²) in [6.07, 6.45) is 7.48. The van der Waals surface area contributed by atoms with Crippen LogP contribution < -0.4 is 9.47 Å². The fourth-order valence-corrected chi connectivity index (χ4v) is 3.37. The van der Waals surface area contributed by atoms with Crippen molar-refractivity contribution in [3.05, 3.63) is 48.5 Å². The average Bonchev–Trinajstić information content (AvgIpc) is 2.81. The summed E-state index contributed by atoms with van der Waals surface area (Å²) in [5.41, 5.74) is 2.20. The highest BCUT2D eigenvalue weighted by Crippen LogP contribution is 2.25. The van der Waals surface area contributed by atoms with Crippen molar-refractivity contribution in [1.29, 1.82) is 0 Å². The van der Waals surface area contributed by atoms with Crippen LogP contribution in [0.5, 0.6) is 11.5 Å². The van der Waals surface area contributed by atoms with Crippen LogP contribution in [0.25, 0.3) is 11.1 Å². The zero-order valence-corrected chi connectivity index (χ0v) is 20.3. The Labute approximate surface area is 198 Å². The Bertz CT molecular complexity index is 826. The van der Waals surface area contributed by atoms with Crippen LogP contribution in [0.2, 0.25) is 0 Å². The second-order valence-electron chi connectivity index (χ2n) is 8.48. The molecule has 5 nitrogen and oxygen atoms in total. The number of carbonyl (C=O) groups is 2. The molecule has 0 fully saturated rings. The SMILES string of the molecule is CCCCCCCCOc1ccc(-c2ccc(OCC(C)OC(=O)CCC(C)=O)cc2)cc1. The molecule has 0 amide bonds. The minimum absolute atomic E-state index is 0.0220. The van der Waals surface area contributed by atoms with Crippen LogP contribution in [0.1, 0.15) is 72.1 Å². The van der Waals surface area contributed by atoms with Crippen LogP contribution in [-0.4, -0.2) is 31.1 Å². The van der Waals surface area contributed by atoms with E-state index in [4.69, 9.17) is 14.2 Å². The summed E-state index contributed by atoms with van der Waals surface area (Å²) in [6, 6.07) is 16.0. The zero-order valence-electron chi connectivity index (χ0n) is 20.3. The lowest BCUT2D eigenvalue weighted by molar-refractivity contribution is -0.150. The summed E-state index contributed by atoms with van der Waals surface area (Å²) >= 11 is 0. The molecule has 0 aliphatic carbocycles. The van der Waals surface area contributed by atoms with Gasteiger partial charge in [0.1, 0.15) is 30.0 Å². The van der Waals surface area contributed by atoms with Gasteiger partial charge in [0.25, 0.3) is 0 Å². The van der Waals surface area contributed by atoms with Crippen molar-refractivity contribution < 1.29 is 23.8 Å². The maximum absolute atomic E-state index is 11.7. The Morgan fingerprint density at radius 2 is 1.30 bits per heavy atom. The van der Waals surface area contributed by atoms with Gasteiger partial charge in [-0.25, -0.2) is 0 Å². The van der Waals surface area contributed by atoms with Gasteiger partial charge in [-0.3, -0.25) is 4.79 Å². The molecule has 0 aromatic heterocycles. The minimum Gasteiger partial charge on any atom is -0.494 e. The van der Waals surface area contributed by atoms with E-state index in [9.17, 15) is 9.59 Å². The number of rotatable bonds is 16. The third-order valence-electron chi connectivity index (χ3n) is 5.31. The van der Waals surface area contributed by atoms with E-state index >= 15 is 0 Å². The fourth-order valence-electron chi connectivity index (χ4n) is 3.37. The van der Waals surface area contributed by atoms with Gasteiger partial charge in [-0.05, 0) is 55.7 Å². The second kappa shape index (κ2) is 15.1. The van der Waals surface area contributed by atoms with Gasteiger partial charge < -0.3 is 19.0 Å². The molecule has 0 N–H and O–H groups in total. The van der Waals surface area contributed by atoms with E-state index in [0.29, 0.717) is 5.75 Å². The highest BCUT2D eigenvalue weighted by Gasteiger charge is 2.11. The highest BCUT2D eigenvalue weighted by molar-refractivity contribution is 5.81. The molecule has 180 valence electrons. The lowest BCUT2D eigenvalue weighted by Crippen LogP contribution is -2.22. The van der Waals surface area contributed by atoms with E-state index in [0.717, 1.165) is 29.9 Å². The van der Waals surface area contributed by atoms with Crippen molar-refractivity contribution >= 4 is 11.8 Å². The summed E-state index contributed by atoms with van der Waals surface area (Å²) in [4.78, 5) is 22.6. The molecule has 0 aliphatic rings. The van der Waals surface area contributed by atoms with Crippen LogP contribution in [0.3, 0.4) is 0 Å². The first-order chi connectivity index (χ1) is 16.0. The van der Waals surface area contributed by atoms with Gasteiger partial charge in [0.15, 0.2) is 0 Å². The Hall–Kier alpha value is -2.82. The molecule has 2 aromatic rings. The normalized spacial score (nSPS) is 11.6. The van der Waals surface area contributed by atoms with Gasteiger partial charge in [0.2, 0.25) is 0 Å². The van der Waals surface area contributed by atoms with E-state index in [1.807, 2.05) is 36.4 Å². The molecule has 0 bridgehead atoms. The third kappa shape index (κ3) is 11.0. The quantitative estimate of drug-likeness (QED) is 0.207. The minimum atomic E-state index is -0.381. The number of Topliss-reactive ketones (excluding diaryl/α,β-unsaturated/α-hetero) is 1. The average molecular weight is 455 g/mol. The number of ketones is 1. The first kappa shape index (κ1) is 26.4. The van der Waals surface area contributed by atoms with E-state index in [1.165, 1.54) is 39.0 Å². The van der Waals surface area contributed by atoms with Crippen molar-refractivity contribution in [1.82, 2.24) is 0 Å². The van der Waals surface area contributed by atoms with Gasteiger partial charge in [-0.2, -0.15) is 0 Å². The topological polar surface area (TPSA) is 61.8 Å². The standard InChI is InChI=1S/C28H38O5/c1-4-5-6-7-8-9-20-31-26-15-11-24(12-16-26)25-13-17-27(18-14-25)32-21-23(3)33-28(30)19-10-22(2)29/h11-18,23H,4-10,19-21H2,1-3H3.